The first-order valence-electron chi connectivity index (χ1n) is 10.1. The van der Waals surface area contributed by atoms with Gasteiger partial charge in [-0.3, -0.25) is 9.59 Å². The fourth-order valence-electron chi connectivity index (χ4n) is 3.67. The van der Waals surface area contributed by atoms with Crippen LogP contribution in [0.15, 0.2) is 36.4 Å². The Labute approximate surface area is 177 Å². The molecule has 2 amide bonds. The lowest BCUT2D eigenvalue weighted by Gasteiger charge is -2.27. The molecule has 0 spiro atoms. The van der Waals surface area contributed by atoms with E-state index in [1.165, 1.54) is 20.9 Å². The Hall–Kier alpha value is -3.06. The van der Waals surface area contributed by atoms with E-state index >= 15 is 0 Å². The third kappa shape index (κ3) is 5.30. The molecular formula is C23H30N3O4+. The van der Waals surface area contributed by atoms with Gasteiger partial charge in [0.15, 0.2) is 18.0 Å². The topological polar surface area (TPSA) is 72.3 Å². The molecule has 30 heavy (non-hydrogen) atoms. The molecule has 1 aliphatic rings. The van der Waals surface area contributed by atoms with Crippen LogP contribution in [0, 0.1) is 6.92 Å². The van der Waals surface area contributed by atoms with Gasteiger partial charge in [0.1, 0.15) is 6.54 Å². The molecule has 1 heterocycles. The van der Waals surface area contributed by atoms with Crippen LogP contribution in [0.1, 0.15) is 16.7 Å². The van der Waals surface area contributed by atoms with Gasteiger partial charge in [-0.05, 0) is 36.8 Å². The van der Waals surface area contributed by atoms with Gasteiger partial charge in [-0.1, -0.05) is 17.7 Å². The predicted octanol–water partition coefficient (Wildman–Crippen LogP) is 1.05. The van der Waals surface area contributed by atoms with Gasteiger partial charge in [0.05, 0.1) is 27.3 Å². The van der Waals surface area contributed by atoms with Crippen LogP contribution in [-0.2, 0) is 22.6 Å². The molecule has 1 unspecified atom stereocenters. The van der Waals surface area contributed by atoms with Crippen LogP contribution in [0.5, 0.6) is 11.5 Å². The van der Waals surface area contributed by atoms with Crippen molar-refractivity contribution >= 4 is 17.5 Å². The molecule has 0 saturated heterocycles. The van der Waals surface area contributed by atoms with E-state index in [0.29, 0.717) is 12.3 Å². The number of hydrogen-bond acceptors (Lipinski definition) is 4. The summed E-state index contributed by atoms with van der Waals surface area (Å²) in [5.41, 5.74) is 4.26. The van der Waals surface area contributed by atoms with Crippen molar-refractivity contribution in [3.8, 4) is 11.5 Å². The number of ether oxygens (including phenoxy) is 2. The van der Waals surface area contributed by atoms with E-state index in [2.05, 4.69) is 5.32 Å². The maximum absolute atomic E-state index is 12.7. The van der Waals surface area contributed by atoms with Gasteiger partial charge in [0.25, 0.3) is 5.91 Å². The van der Waals surface area contributed by atoms with E-state index in [0.717, 1.165) is 36.5 Å². The Morgan fingerprint density at radius 1 is 1.07 bits per heavy atom. The SMILES string of the molecule is COc1cc2c(cc1OC)C[NH+](CC(=O)N(C)CC(=O)Nc1ccc(C)cc1)CC2. The number of likely N-dealkylation sites (N-methyl/N-ethyl adjacent to an activating group) is 1. The van der Waals surface area contributed by atoms with E-state index in [1.807, 2.05) is 43.3 Å². The van der Waals surface area contributed by atoms with Crippen LogP contribution >= 0.6 is 0 Å². The van der Waals surface area contributed by atoms with E-state index in [4.69, 9.17) is 9.47 Å². The lowest BCUT2D eigenvalue weighted by atomic mass is 9.99. The molecule has 160 valence electrons. The van der Waals surface area contributed by atoms with Gasteiger partial charge in [-0.15, -0.1) is 0 Å². The second-order valence-electron chi connectivity index (χ2n) is 7.74. The number of aryl methyl sites for hydroxylation is 1. The highest BCUT2D eigenvalue weighted by Crippen LogP contribution is 2.31. The Bertz CT molecular complexity index is 911. The molecule has 2 N–H and O–H groups in total. The van der Waals surface area contributed by atoms with Crippen molar-refractivity contribution in [1.29, 1.82) is 0 Å². The summed E-state index contributed by atoms with van der Waals surface area (Å²) in [5, 5.41) is 2.83. The monoisotopic (exact) mass is 412 g/mol. The highest BCUT2D eigenvalue weighted by atomic mass is 16.5. The molecule has 0 fully saturated rings. The summed E-state index contributed by atoms with van der Waals surface area (Å²) in [6.45, 7) is 3.97. The van der Waals surface area contributed by atoms with Gasteiger partial charge in [-0.2, -0.15) is 0 Å². The Kier molecular flexibility index (Phi) is 6.95. The van der Waals surface area contributed by atoms with Crippen molar-refractivity contribution in [3.63, 3.8) is 0 Å². The van der Waals surface area contributed by atoms with Crippen molar-refractivity contribution in [2.24, 2.45) is 0 Å². The summed E-state index contributed by atoms with van der Waals surface area (Å²) in [7, 11) is 4.92. The normalized spacial score (nSPS) is 15.1. The number of quaternary nitrogens is 1. The minimum absolute atomic E-state index is 0.0294. The number of methoxy groups -OCH3 is 2. The van der Waals surface area contributed by atoms with Crippen LogP contribution < -0.4 is 19.7 Å². The van der Waals surface area contributed by atoms with Crippen LogP contribution in [0.25, 0.3) is 0 Å². The Morgan fingerprint density at radius 3 is 2.33 bits per heavy atom. The van der Waals surface area contributed by atoms with Crippen molar-refractivity contribution < 1.29 is 24.0 Å². The van der Waals surface area contributed by atoms with Crippen LogP contribution in [0.2, 0.25) is 0 Å². The van der Waals surface area contributed by atoms with Gasteiger partial charge < -0.3 is 24.6 Å². The number of carbonyl (C=O) groups is 2. The maximum atomic E-state index is 12.7. The van der Waals surface area contributed by atoms with Crippen molar-refractivity contribution in [3.05, 3.63) is 53.1 Å². The summed E-state index contributed by atoms with van der Waals surface area (Å²) in [4.78, 5) is 27.6. The van der Waals surface area contributed by atoms with E-state index in [1.54, 1.807) is 21.3 Å². The zero-order valence-electron chi connectivity index (χ0n) is 18.1. The van der Waals surface area contributed by atoms with Gasteiger partial charge in [0.2, 0.25) is 5.91 Å². The number of benzene rings is 2. The standard InChI is InChI=1S/C23H29N3O4/c1-16-5-7-19(8-6-16)24-22(27)14-25(2)23(28)15-26-10-9-17-11-20(29-3)21(30-4)12-18(17)13-26/h5-8,11-12H,9-10,13-15H2,1-4H3,(H,24,27)/p+1. The van der Waals surface area contributed by atoms with Gasteiger partial charge >= 0.3 is 0 Å². The molecule has 0 radical (unpaired) electrons. The van der Waals surface area contributed by atoms with Crippen molar-refractivity contribution in [1.82, 2.24) is 4.90 Å². The predicted molar refractivity (Wildman–Crippen MR) is 115 cm³/mol. The summed E-state index contributed by atoms with van der Waals surface area (Å²) in [5.74, 6) is 1.18. The second kappa shape index (κ2) is 9.63. The summed E-state index contributed by atoms with van der Waals surface area (Å²) < 4.78 is 10.8. The first-order valence-corrected chi connectivity index (χ1v) is 10.1. The van der Waals surface area contributed by atoms with Gasteiger partial charge in [0, 0.05) is 24.7 Å². The van der Waals surface area contributed by atoms with Crippen LogP contribution in [0.4, 0.5) is 5.69 Å². The zero-order valence-corrected chi connectivity index (χ0v) is 18.1. The molecule has 7 heteroatoms. The van der Waals surface area contributed by atoms with Crippen LogP contribution in [0.3, 0.4) is 0 Å². The molecule has 7 nitrogen and oxygen atoms in total. The number of nitrogens with zero attached hydrogens (tertiary/aromatic N) is 1. The number of nitrogens with one attached hydrogen (secondary N) is 2. The molecule has 2 aromatic rings. The third-order valence-corrected chi connectivity index (χ3v) is 5.44. The number of rotatable bonds is 7. The largest absolute Gasteiger partial charge is 0.493 e. The number of anilines is 1. The Balaban J connectivity index is 1.54. The number of fused-ring (bicyclic) bond motifs is 1. The molecule has 0 aliphatic carbocycles. The van der Waals surface area contributed by atoms with Crippen molar-refractivity contribution in [2.45, 2.75) is 19.9 Å². The third-order valence-electron chi connectivity index (χ3n) is 5.44. The highest BCUT2D eigenvalue weighted by Gasteiger charge is 2.25. The summed E-state index contributed by atoms with van der Waals surface area (Å²) in [6.07, 6.45) is 0.871. The Morgan fingerprint density at radius 2 is 1.70 bits per heavy atom. The fraction of sp³-hybridized carbons (Fsp3) is 0.391. The van der Waals surface area contributed by atoms with E-state index in [-0.39, 0.29) is 18.4 Å². The molecule has 3 rings (SSSR count). The van der Waals surface area contributed by atoms with E-state index in [9.17, 15) is 9.59 Å². The smallest absolute Gasteiger partial charge is 0.277 e. The first kappa shape index (κ1) is 21.6. The average Bonchev–Trinajstić information content (AvgIpc) is 2.74. The van der Waals surface area contributed by atoms with E-state index < -0.39 is 0 Å². The molecule has 1 aliphatic heterocycles. The molecule has 0 aromatic heterocycles. The quantitative estimate of drug-likeness (QED) is 0.713. The lowest BCUT2D eigenvalue weighted by molar-refractivity contribution is -0.908. The number of amides is 2. The lowest BCUT2D eigenvalue weighted by Crippen LogP contribution is -3.12. The second-order valence-corrected chi connectivity index (χ2v) is 7.74. The first-order chi connectivity index (χ1) is 14.4. The minimum atomic E-state index is -0.203. The average molecular weight is 413 g/mol. The van der Waals surface area contributed by atoms with Crippen molar-refractivity contribution in [2.75, 3.05) is 46.2 Å². The zero-order chi connectivity index (χ0) is 21.7. The number of carbonyl (C=O) groups excluding carboxylic acids is 2. The highest BCUT2D eigenvalue weighted by molar-refractivity contribution is 5.94. The molecular weight excluding hydrogens is 382 g/mol. The van der Waals surface area contributed by atoms with Gasteiger partial charge in [-0.25, -0.2) is 0 Å². The summed E-state index contributed by atoms with van der Waals surface area (Å²) in [6, 6.07) is 11.6. The summed E-state index contributed by atoms with van der Waals surface area (Å²) >= 11 is 0. The molecule has 0 saturated carbocycles. The minimum Gasteiger partial charge on any atom is -0.493 e. The maximum Gasteiger partial charge on any atom is 0.277 e. The number of hydrogen-bond donors (Lipinski definition) is 2. The fourth-order valence-corrected chi connectivity index (χ4v) is 3.67. The van der Waals surface area contributed by atoms with Crippen LogP contribution in [-0.4, -0.2) is 57.6 Å². The molecule has 0 bridgehead atoms. The molecule has 2 aromatic carbocycles. The molecule has 1 atom stereocenters.